The number of ketones is 1. The van der Waals surface area contributed by atoms with Crippen LogP contribution in [0.4, 0.5) is 0 Å². The van der Waals surface area contributed by atoms with Crippen molar-refractivity contribution >= 4 is 17.1 Å². The molecule has 0 saturated carbocycles. The summed E-state index contributed by atoms with van der Waals surface area (Å²) in [4.78, 5) is 23.7. The summed E-state index contributed by atoms with van der Waals surface area (Å²) < 4.78 is 0. The number of nitrogens with zero attached hydrogens (tertiary/aromatic N) is 2. The second-order valence-electron chi connectivity index (χ2n) is 1.79. The van der Waals surface area contributed by atoms with E-state index in [1.807, 2.05) is 0 Å². The van der Waals surface area contributed by atoms with E-state index in [1.165, 1.54) is 22.2 Å². The van der Waals surface area contributed by atoms with E-state index in [-0.39, 0.29) is 5.69 Å². The third-order valence-corrected chi connectivity index (χ3v) is 1.58. The van der Waals surface area contributed by atoms with Gasteiger partial charge in [-0.05, 0) is 0 Å². The summed E-state index contributed by atoms with van der Waals surface area (Å²) in [5.41, 5.74) is 1.64. The summed E-state index contributed by atoms with van der Waals surface area (Å²) in [7, 11) is 0. The Hall–Kier alpha value is -1.30. The van der Waals surface area contributed by atoms with Gasteiger partial charge in [0, 0.05) is 10.3 Å². The van der Waals surface area contributed by atoms with E-state index >= 15 is 0 Å². The Morgan fingerprint density at radius 3 is 3.00 bits per heavy atom. The van der Waals surface area contributed by atoms with Crippen LogP contribution in [0.1, 0.15) is 10.5 Å². The maximum Gasteiger partial charge on any atom is 0.267 e. The van der Waals surface area contributed by atoms with Gasteiger partial charge in [-0.1, -0.05) is 0 Å². The molecule has 0 N–H and O–H groups in total. The van der Waals surface area contributed by atoms with Gasteiger partial charge < -0.3 is 0 Å². The van der Waals surface area contributed by atoms with Gasteiger partial charge in [0.05, 0.1) is 5.51 Å². The molecule has 0 radical (unpaired) electrons. The molecule has 0 aliphatic carbocycles. The summed E-state index contributed by atoms with van der Waals surface area (Å²) in [6, 6.07) is 0. The molecule has 1 heterocycles. The van der Waals surface area contributed by atoms with Crippen LogP contribution in [-0.4, -0.2) is 22.2 Å². The number of carbonyl (C=O) groups is 1. The highest BCUT2D eigenvalue weighted by molar-refractivity contribution is 7.07. The van der Waals surface area contributed by atoms with E-state index in [4.69, 9.17) is 0 Å². The lowest BCUT2D eigenvalue weighted by Crippen LogP contribution is -2.13. The van der Waals surface area contributed by atoms with Crippen molar-refractivity contribution < 1.29 is 9.72 Å². The fourth-order valence-corrected chi connectivity index (χ4v) is 1.10. The number of hydrogen-bond donors (Lipinski definition) is 0. The van der Waals surface area contributed by atoms with E-state index in [0.29, 0.717) is 0 Å². The SMILES string of the molecule is O=C(C[N+](=O)[O-])c1cscn1. The van der Waals surface area contributed by atoms with E-state index < -0.39 is 17.3 Å². The van der Waals surface area contributed by atoms with Crippen LogP contribution in [0.2, 0.25) is 0 Å². The fraction of sp³-hybridized carbons (Fsp3) is 0.200. The number of nitro groups is 1. The number of aromatic nitrogens is 1. The van der Waals surface area contributed by atoms with Crippen molar-refractivity contribution in [3.8, 4) is 0 Å². The Balaban J connectivity index is 2.64. The first-order valence-electron chi connectivity index (χ1n) is 2.73. The van der Waals surface area contributed by atoms with Crippen molar-refractivity contribution in [1.82, 2.24) is 4.98 Å². The van der Waals surface area contributed by atoms with Gasteiger partial charge in [0.1, 0.15) is 5.69 Å². The maximum absolute atomic E-state index is 10.8. The third kappa shape index (κ3) is 2.08. The van der Waals surface area contributed by atoms with E-state index in [1.54, 1.807) is 0 Å². The molecule has 0 aliphatic rings. The van der Waals surface area contributed by atoms with Crippen LogP contribution in [0.5, 0.6) is 0 Å². The predicted molar refractivity (Wildman–Crippen MR) is 38.3 cm³/mol. The molecule has 1 rings (SSSR count). The molecule has 0 atom stereocenters. The van der Waals surface area contributed by atoms with Crippen LogP contribution in [0, 0.1) is 10.1 Å². The first-order chi connectivity index (χ1) is 5.20. The van der Waals surface area contributed by atoms with Gasteiger partial charge in [-0.3, -0.25) is 14.9 Å². The van der Waals surface area contributed by atoms with Crippen LogP contribution in [0.3, 0.4) is 0 Å². The molecule has 0 unspecified atom stereocenters. The molecule has 58 valence electrons. The average Bonchev–Trinajstić information content (AvgIpc) is 2.35. The van der Waals surface area contributed by atoms with Crippen molar-refractivity contribution in [3.05, 3.63) is 26.7 Å². The second-order valence-corrected chi connectivity index (χ2v) is 2.51. The van der Waals surface area contributed by atoms with Crippen molar-refractivity contribution in [3.63, 3.8) is 0 Å². The molecule has 0 fully saturated rings. The average molecular weight is 172 g/mol. The number of hydrogen-bond acceptors (Lipinski definition) is 5. The predicted octanol–water partition coefficient (Wildman–Crippen LogP) is 0.603. The van der Waals surface area contributed by atoms with Gasteiger partial charge in [0.2, 0.25) is 0 Å². The van der Waals surface area contributed by atoms with Crippen LogP contribution in [0.25, 0.3) is 0 Å². The molecule has 0 spiro atoms. The quantitative estimate of drug-likeness (QED) is 0.380. The zero-order valence-electron chi connectivity index (χ0n) is 5.39. The minimum atomic E-state index is -0.677. The zero-order valence-corrected chi connectivity index (χ0v) is 6.21. The molecular formula is C5H4N2O3S. The normalized spacial score (nSPS) is 9.45. The van der Waals surface area contributed by atoms with E-state index in [0.717, 1.165) is 0 Å². The minimum Gasteiger partial charge on any atom is -0.285 e. The van der Waals surface area contributed by atoms with Crippen molar-refractivity contribution in [2.24, 2.45) is 0 Å². The molecule has 0 amide bonds. The number of thiazole rings is 1. The lowest BCUT2D eigenvalue weighted by atomic mass is 10.3. The summed E-state index contributed by atoms with van der Waals surface area (Å²) in [5.74, 6) is -0.545. The second kappa shape index (κ2) is 3.20. The molecule has 6 heteroatoms. The lowest BCUT2D eigenvalue weighted by molar-refractivity contribution is -0.465. The summed E-state index contributed by atoms with van der Waals surface area (Å²) in [6.07, 6.45) is 0. The topological polar surface area (TPSA) is 73.1 Å². The molecule has 11 heavy (non-hydrogen) atoms. The van der Waals surface area contributed by atoms with Gasteiger partial charge in [0.15, 0.2) is 0 Å². The number of carbonyl (C=O) groups excluding carboxylic acids is 1. The monoisotopic (exact) mass is 172 g/mol. The summed E-state index contributed by atoms with van der Waals surface area (Å²) in [6.45, 7) is -0.677. The van der Waals surface area contributed by atoms with Crippen LogP contribution < -0.4 is 0 Å². The molecule has 1 aromatic heterocycles. The number of rotatable bonds is 3. The molecule has 0 aliphatic heterocycles. The van der Waals surface area contributed by atoms with Gasteiger partial charge in [0.25, 0.3) is 12.3 Å². The standard InChI is InChI=1S/C5H4N2O3S/c8-5(1-7(9)10)4-2-11-3-6-4/h2-3H,1H2. The van der Waals surface area contributed by atoms with Crippen LogP contribution >= 0.6 is 11.3 Å². The number of Topliss-reactive ketones (excluding diaryl/α,β-unsaturated/α-hetero) is 1. The zero-order chi connectivity index (χ0) is 8.27. The summed E-state index contributed by atoms with van der Waals surface area (Å²) in [5, 5.41) is 11.4. The van der Waals surface area contributed by atoms with Crippen LogP contribution in [0.15, 0.2) is 10.9 Å². The van der Waals surface area contributed by atoms with Crippen molar-refractivity contribution in [1.29, 1.82) is 0 Å². The minimum absolute atomic E-state index is 0.173. The molecular weight excluding hydrogens is 168 g/mol. The Morgan fingerprint density at radius 2 is 2.55 bits per heavy atom. The van der Waals surface area contributed by atoms with Crippen molar-refractivity contribution in [2.75, 3.05) is 6.54 Å². The Bertz CT molecular complexity index is 269. The molecule has 0 aromatic carbocycles. The Labute approximate surface area is 65.8 Å². The highest BCUT2D eigenvalue weighted by Crippen LogP contribution is 2.01. The van der Waals surface area contributed by atoms with E-state index in [9.17, 15) is 14.9 Å². The first kappa shape index (κ1) is 7.80. The van der Waals surface area contributed by atoms with Gasteiger partial charge in [-0.2, -0.15) is 0 Å². The van der Waals surface area contributed by atoms with Gasteiger partial charge >= 0.3 is 0 Å². The lowest BCUT2D eigenvalue weighted by Gasteiger charge is -1.87. The largest absolute Gasteiger partial charge is 0.285 e. The summed E-state index contributed by atoms with van der Waals surface area (Å²) >= 11 is 1.24. The van der Waals surface area contributed by atoms with Crippen molar-refractivity contribution in [2.45, 2.75) is 0 Å². The smallest absolute Gasteiger partial charge is 0.267 e. The van der Waals surface area contributed by atoms with Gasteiger partial charge in [-0.25, -0.2) is 4.98 Å². The molecule has 0 saturated heterocycles. The van der Waals surface area contributed by atoms with Gasteiger partial charge in [-0.15, -0.1) is 11.3 Å². The Morgan fingerprint density at radius 1 is 1.82 bits per heavy atom. The Kier molecular flexibility index (Phi) is 2.27. The molecule has 1 aromatic rings. The maximum atomic E-state index is 10.8. The van der Waals surface area contributed by atoms with E-state index in [2.05, 4.69) is 4.98 Å². The highest BCUT2D eigenvalue weighted by Gasteiger charge is 2.13. The molecule has 0 bridgehead atoms. The first-order valence-corrected chi connectivity index (χ1v) is 3.67. The molecule has 5 nitrogen and oxygen atoms in total. The highest BCUT2D eigenvalue weighted by atomic mass is 32.1. The van der Waals surface area contributed by atoms with Crippen LogP contribution in [-0.2, 0) is 0 Å². The third-order valence-electron chi connectivity index (χ3n) is 0.991. The fourth-order valence-electron chi connectivity index (χ4n) is 0.548.